The molecule has 0 bridgehead atoms. The zero-order valence-corrected chi connectivity index (χ0v) is 16.9. The molecule has 2 amide bonds. The Labute approximate surface area is 180 Å². The van der Waals surface area contributed by atoms with Crippen LogP contribution < -0.4 is 15.5 Å². The summed E-state index contributed by atoms with van der Waals surface area (Å²) >= 11 is 0. The van der Waals surface area contributed by atoms with Crippen LogP contribution in [0, 0.1) is 5.92 Å². The van der Waals surface area contributed by atoms with Crippen LogP contribution in [0.15, 0.2) is 90.0 Å². The van der Waals surface area contributed by atoms with Crippen LogP contribution in [0.1, 0.15) is 22.6 Å². The maximum absolute atomic E-state index is 12.6. The summed E-state index contributed by atoms with van der Waals surface area (Å²) in [5.74, 6) is -1.01. The molecule has 156 valence electrons. The fourth-order valence-corrected chi connectivity index (χ4v) is 3.60. The molecule has 0 aromatic heterocycles. The van der Waals surface area contributed by atoms with E-state index in [1.54, 1.807) is 0 Å². The first-order chi connectivity index (χ1) is 15.2. The largest absolute Gasteiger partial charge is 0.489 e. The third-order valence-electron chi connectivity index (χ3n) is 5.19. The molecular weight excluding hydrogens is 390 g/mol. The molecule has 1 fully saturated rings. The van der Waals surface area contributed by atoms with Gasteiger partial charge in [0.1, 0.15) is 18.3 Å². The molecule has 3 aromatic rings. The summed E-state index contributed by atoms with van der Waals surface area (Å²) in [7, 11) is 0. The number of nitrogens with zero attached hydrogens (tertiary/aromatic N) is 1. The zero-order chi connectivity index (χ0) is 21.5. The van der Waals surface area contributed by atoms with E-state index in [9.17, 15) is 9.59 Å². The maximum atomic E-state index is 12.6. The molecule has 2 N–H and O–H groups in total. The summed E-state index contributed by atoms with van der Waals surface area (Å²) in [5.41, 5.74) is 5.32. The van der Waals surface area contributed by atoms with E-state index in [4.69, 9.17) is 4.74 Å². The van der Waals surface area contributed by atoms with E-state index in [2.05, 4.69) is 15.8 Å². The molecule has 1 aliphatic heterocycles. The molecule has 1 heterocycles. The van der Waals surface area contributed by atoms with Crippen LogP contribution in [0.4, 0.5) is 0 Å². The zero-order valence-electron chi connectivity index (χ0n) is 16.9. The second-order valence-corrected chi connectivity index (χ2v) is 7.32. The molecule has 0 saturated carbocycles. The summed E-state index contributed by atoms with van der Waals surface area (Å²) in [6, 6.07) is 26.9. The number of hydrogen-bond acceptors (Lipinski definition) is 4. The number of nitrogens with one attached hydrogen (secondary N) is 2. The molecule has 0 spiro atoms. The Balaban J connectivity index is 1.36. The average Bonchev–Trinajstić information content (AvgIpc) is 3.21. The predicted molar refractivity (Wildman–Crippen MR) is 119 cm³/mol. The number of benzene rings is 3. The molecule has 31 heavy (non-hydrogen) atoms. The molecule has 1 saturated heterocycles. The fourth-order valence-electron chi connectivity index (χ4n) is 3.60. The highest BCUT2D eigenvalue weighted by Crippen LogP contribution is 2.29. The molecule has 1 aliphatic rings. The van der Waals surface area contributed by atoms with Crippen molar-refractivity contribution in [3.05, 3.63) is 102 Å². The monoisotopic (exact) mass is 413 g/mol. The van der Waals surface area contributed by atoms with E-state index in [1.807, 2.05) is 84.9 Å². The molecular formula is C25H23N3O3. The van der Waals surface area contributed by atoms with Gasteiger partial charge in [0.25, 0.3) is 5.91 Å². The number of rotatable bonds is 7. The SMILES string of the molecule is O=C1NC[C@@H](c2ccccc2)[C@@H]1C(=O)N/N=C/c1cccc(OCc2ccccc2)c1. The summed E-state index contributed by atoms with van der Waals surface area (Å²) in [5, 5.41) is 6.82. The quantitative estimate of drug-likeness (QED) is 0.355. The minimum absolute atomic E-state index is 0.210. The van der Waals surface area contributed by atoms with Gasteiger partial charge in [-0.3, -0.25) is 9.59 Å². The van der Waals surface area contributed by atoms with Crippen molar-refractivity contribution in [1.29, 1.82) is 0 Å². The lowest BCUT2D eigenvalue weighted by atomic mass is 9.88. The van der Waals surface area contributed by atoms with E-state index in [-0.39, 0.29) is 11.8 Å². The summed E-state index contributed by atoms with van der Waals surface area (Å²) in [4.78, 5) is 24.9. The lowest BCUT2D eigenvalue weighted by Gasteiger charge is -2.15. The Kier molecular flexibility index (Phi) is 6.38. The standard InChI is InChI=1S/C25H23N3O3/c29-24-23(22(16-26-24)20-11-5-2-6-12-20)25(30)28-27-15-19-10-7-13-21(14-19)31-17-18-8-3-1-4-9-18/h1-15,22-23H,16-17H2,(H,26,29)(H,28,30)/b27-15+/t22-,23-/m0/s1. The van der Waals surface area contributed by atoms with Crippen molar-refractivity contribution in [2.75, 3.05) is 6.54 Å². The van der Waals surface area contributed by atoms with Crippen molar-refractivity contribution in [3.8, 4) is 5.75 Å². The lowest BCUT2D eigenvalue weighted by molar-refractivity contribution is -0.133. The van der Waals surface area contributed by atoms with Gasteiger partial charge in [-0.25, -0.2) is 5.43 Å². The van der Waals surface area contributed by atoms with E-state index >= 15 is 0 Å². The van der Waals surface area contributed by atoms with Gasteiger partial charge in [0, 0.05) is 12.5 Å². The maximum Gasteiger partial charge on any atom is 0.253 e. The molecule has 6 nitrogen and oxygen atoms in total. The smallest absolute Gasteiger partial charge is 0.253 e. The van der Waals surface area contributed by atoms with Crippen molar-refractivity contribution in [2.24, 2.45) is 11.0 Å². The normalized spacial score (nSPS) is 18.0. The van der Waals surface area contributed by atoms with Crippen molar-refractivity contribution in [1.82, 2.24) is 10.7 Å². The first-order valence-corrected chi connectivity index (χ1v) is 10.1. The third kappa shape index (κ3) is 5.17. The van der Waals surface area contributed by atoms with Crippen molar-refractivity contribution < 1.29 is 14.3 Å². The van der Waals surface area contributed by atoms with Crippen molar-refractivity contribution in [2.45, 2.75) is 12.5 Å². The van der Waals surface area contributed by atoms with Crippen LogP contribution in [0.5, 0.6) is 5.75 Å². The summed E-state index contributed by atoms with van der Waals surface area (Å²) in [6.45, 7) is 0.904. The number of hydrazone groups is 1. The van der Waals surface area contributed by atoms with Crippen molar-refractivity contribution >= 4 is 18.0 Å². The highest BCUT2D eigenvalue weighted by Gasteiger charge is 2.40. The highest BCUT2D eigenvalue weighted by atomic mass is 16.5. The van der Waals surface area contributed by atoms with Crippen molar-refractivity contribution in [3.63, 3.8) is 0 Å². The minimum atomic E-state index is -0.805. The van der Waals surface area contributed by atoms with Crippen LogP contribution in [0.25, 0.3) is 0 Å². The topological polar surface area (TPSA) is 79.8 Å². The first-order valence-electron chi connectivity index (χ1n) is 10.1. The van der Waals surface area contributed by atoms with Crippen LogP contribution in [-0.2, 0) is 16.2 Å². The van der Waals surface area contributed by atoms with Crippen LogP contribution in [-0.4, -0.2) is 24.6 Å². The Bertz CT molecular complexity index is 1070. The Morgan fingerprint density at radius 2 is 1.77 bits per heavy atom. The number of amides is 2. The van der Waals surface area contributed by atoms with Gasteiger partial charge in [-0.05, 0) is 28.8 Å². The van der Waals surface area contributed by atoms with Crippen LogP contribution in [0.3, 0.4) is 0 Å². The molecule has 0 aliphatic carbocycles. The summed E-state index contributed by atoms with van der Waals surface area (Å²) in [6.07, 6.45) is 1.54. The van der Waals surface area contributed by atoms with Gasteiger partial charge in [-0.1, -0.05) is 72.8 Å². The Hall–Kier alpha value is -3.93. The summed E-state index contributed by atoms with van der Waals surface area (Å²) < 4.78 is 5.82. The molecule has 0 unspecified atom stereocenters. The van der Waals surface area contributed by atoms with Gasteiger partial charge in [0.2, 0.25) is 5.91 Å². The fraction of sp³-hybridized carbons (Fsp3) is 0.160. The van der Waals surface area contributed by atoms with E-state index in [1.165, 1.54) is 6.21 Å². The number of hydrogen-bond donors (Lipinski definition) is 2. The molecule has 2 atom stereocenters. The van der Waals surface area contributed by atoms with Gasteiger partial charge in [0.15, 0.2) is 0 Å². The molecule has 6 heteroatoms. The van der Waals surface area contributed by atoms with E-state index < -0.39 is 11.8 Å². The minimum Gasteiger partial charge on any atom is -0.489 e. The van der Waals surface area contributed by atoms with E-state index in [0.717, 1.165) is 16.7 Å². The second kappa shape index (κ2) is 9.71. The molecule has 3 aromatic carbocycles. The average molecular weight is 413 g/mol. The Morgan fingerprint density at radius 3 is 2.55 bits per heavy atom. The van der Waals surface area contributed by atoms with Gasteiger partial charge >= 0.3 is 0 Å². The van der Waals surface area contributed by atoms with Crippen LogP contribution >= 0.6 is 0 Å². The van der Waals surface area contributed by atoms with Crippen LogP contribution in [0.2, 0.25) is 0 Å². The lowest BCUT2D eigenvalue weighted by Crippen LogP contribution is -2.34. The number of carbonyl (C=O) groups excluding carboxylic acids is 2. The molecule has 4 rings (SSSR count). The molecule has 0 radical (unpaired) electrons. The van der Waals surface area contributed by atoms with E-state index in [0.29, 0.717) is 18.9 Å². The van der Waals surface area contributed by atoms with Gasteiger partial charge < -0.3 is 10.1 Å². The second-order valence-electron chi connectivity index (χ2n) is 7.32. The van der Waals surface area contributed by atoms with Gasteiger partial charge in [0.05, 0.1) is 6.21 Å². The predicted octanol–water partition coefficient (Wildman–Crippen LogP) is 3.25. The van der Waals surface area contributed by atoms with Gasteiger partial charge in [-0.2, -0.15) is 5.10 Å². The number of ether oxygens (including phenoxy) is 1. The Morgan fingerprint density at radius 1 is 1.03 bits per heavy atom. The highest BCUT2D eigenvalue weighted by molar-refractivity contribution is 6.03. The first kappa shape index (κ1) is 20.3. The number of carbonyl (C=O) groups is 2. The third-order valence-corrected chi connectivity index (χ3v) is 5.19. The van der Waals surface area contributed by atoms with Gasteiger partial charge in [-0.15, -0.1) is 0 Å².